The molecule has 1 rings (SSSR count). The number of esters is 1. The second-order valence-corrected chi connectivity index (χ2v) is 2.75. The van der Waals surface area contributed by atoms with E-state index in [2.05, 4.69) is 10.1 Å². The molecule has 2 unspecified atom stereocenters. The maximum atomic E-state index is 10.9. The molecule has 62 valence electrons. The maximum absolute atomic E-state index is 10.9. The van der Waals surface area contributed by atoms with Crippen molar-refractivity contribution in [2.24, 2.45) is 5.92 Å². The zero-order valence-corrected chi connectivity index (χ0v) is 6.59. The van der Waals surface area contributed by atoms with Crippen LogP contribution in [0.15, 0.2) is 0 Å². The molecule has 0 aromatic carbocycles. The molecular weight excluding hydrogens is 146 g/mol. The van der Waals surface area contributed by atoms with Crippen molar-refractivity contribution in [3.05, 3.63) is 0 Å². The lowest BCUT2D eigenvalue weighted by atomic mass is 10.0. The molecular formula is C7H11NO3. The molecule has 0 bridgehead atoms. The van der Waals surface area contributed by atoms with Crippen LogP contribution in [-0.2, 0) is 14.3 Å². The van der Waals surface area contributed by atoms with Gasteiger partial charge in [-0.1, -0.05) is 6.92 Å². The van der Waals surface area contributed by atoms with Gasteiger partial charge in [-0.3, -0.25) is 4.79 Å². The summed E-state index contributed by atoms with van der Waals surface area (Å²) in [6.07, 6.45) is 0.416. The molecule has 1 aliphatic rings. The van der Waals surface area contributed by atoms with Crippen molar-refractivity contribution >= 4 is 11.9 Å². The van der Waals surface area contributed by atoms with Crippen molar-refractivity contribution in [1.82, 2.24) is 5.32 Å². The lowest BCUT2D eigenvalue weighted by Gasteiger charge is -2.10. The van der Waals surface area contributed by atoms with E-state index in [-0.39, 0.29) is 17.8 Å². The summed E-state index contributed by atoms with van der Waals surface area (Å²) in [5.41, 5.74) is 0. The van der Waals surface area contributed by atoms with Crippen molar-refractivity contribution in [1.29, 1.82) is 0 Å². The summed E-state index contributed by atoms with van der Waals surface area (Å²) < 4.78 is 4.50. The zero-order valence-electron chi connectivity index (χ0n) is 6.59. The minimum Gasteiger partial charge on any atom is -0.467 e. The van der Waals surface area contributed by atoms with Crippen LogP contribution in [0, 0.1) is 5.92 Å². The Bertz CT molecular complexity index is 190. The molecule has 0 aromatic heterocycles. The second-order valence-electron chi connectivity index (χ2n) is 2.75. The molecule has 0 spiro atoms. The van der Waals surface area contributed by atoms with Gasteiger partial charge in [-0.15, -0.1) is 0 Å². The molecule has 0 aliphatic carbocycles. The van der Waals surface area contributed by atoms with E-state index in [1.807, 2.05) is 6.92 Å². The first-order chi connectivity index (χ1) is 5.15. The number of methoxy groups -OCH3 is 1. The Morgan fingerprint density at radius 1 is 1.73 bits per heavy atom. The predicted molar refractivity (Wildman–Crippen MR) is 37.7 cm³/mol. The van der Waals surface area contributed by atoms with E-state index in [0.29, 0.717) is 6.42 Å². The van der Waals surface area contributed by atoms with Crippen LogP contribution >= 0.6 is 0 Å². The first kappa shape index (κ1) is 8.04. The summed E-state index contributed by atoms with van der Waals surface area (Å²) in [7, 11) is 1.32. The SMILES string of the molecule is COC(=O)C1NC(=O)CC1C. The number of ether oxygens (including phenoxy) is 1. The Morgan fingerprint density at radius 3 is 2.73 bits per heavy atom. The van der Waals surface area contributed by atoms with Gasteiger partial charge in [0.25, 0.3) is 0 Å². The predicted octanol–water partition coefficient (Wildman–Crippen LogP) is -0.316. The van der Waals surface area contributed by atoms with E-state index in [1.165, 1.54) is 7.11 Å². The average molecular weight is 157 g/mol. The summed E-state index contributed by atoms with van der Waals surface area (Å²) >= 11 is 0. The molecule has 1 saturated heterocycles. The topological polar surface area (TPSA) is 55.4 Å². The van der Waals surface area contributed by atoms with E-state index in [0.717, 1.165) is 0 Å². The fourth-order valence-electron chi connectivity index (χ4n) is 1.20. The van der Waals surface area contributed by atoms with Crippen molar-refractivity contribution in [3.8, 4) is 0 Å². The first-order valence-electron chi connectivity index (χ1n) is 3.52. The summed E-state index contributed by atoms with van der Waals surface area (Å²) in [4.78, 5) is 21.7. The third-order valence-electron chi connectivity index (χ3n) is 1.85. The molecule has 2 atom stereocenters. The largest absolute Gasteiger partial charge is 0.467 e. The normalized spacial score (nSPS) is 29.8. The molecule has 1 amide bonds. The Kier molecular flexibility index (Phi) is 2.12. The highest BCUT2D eigenvalue weighted by Gasteiger charge is 2.34. The molecule has 1 aliphatic heterocycles. The highest BCUT2D eigenvalue weighted by Crippen LogP contribution is 2.16. The molecule has 1 N–H and O–H groups in total. The number of carbonyl (C=O) groups is 2. The lowest BCUT2D eigenvalue weighted by molar-refractivity contribution is -0.144. The first-order valence-corrected chi connectivity index (χ1v) is 3.52. The Labute approximate surface area is 64.9 Å². The third kappa shape index (κ3) is 1.50. The molecule has 0 saturated carbocycles. The van der Waals surface area contributed by atoms with Gasteiger partial charge in [0.05, 0.1) is 7.11 Å². The molecule has 0 aromatic rings. The molecule has 11 heavy (non-hydrogen) atoms. The van der Waals surface area contributed by atoms with Gasteiger partial charge in [0.15, 0.2) is 0 Å². The molecule has 0 radical (unpaired) electrons. The van der Waals surface area contributed by atoms with E-state index in [4.69, 9.17) is 0 Å². The van der Waals surface area contributed by atoms with Crippen LogP contribution in [0.1, 0.15) is 13.3 Å². The lowest BCUT2D eigenvalue weighted by Crippen LogP contribution is -2.37. The Balaban J connectivity index is 2.59. The minimum absolute atomic E-state index is 0.0509. The number of amides is 1. The molecule has 1 fully saturated rings. The van der Waals surface area contributed by atoms with E-state index < -0.39 is 6.04 Å². The van der Waals surface area contributed by atoms with Crippen LogP contribution in [-0.4, -0.2) is 25.0 Å². The van der Waals surface area contributed by atoms with Gasteiger partial charge in [0.2, 0.25) is 5.91 Å². The van der Waals surface area contributed by atoms with E-state index in [9.17, 15) is 9.59 Å². The number of carbonyl (C=O) groups excluding carboxylic acids is 2. The molecule has 4 heteroatoms. The Hall–Kier alpha value is -1.06. The van der Waals surface area contributed by atoms with Crippen molar-refractivity contribution in [2.75, 3.05) is 7.11 Å². The van der Waals surface area contributed by atoms with Gasteiger partial charge >= 0.3 is 5.97 Å². The van der Waals surface area contributed by atoms with E-state index in [1.54, 1.807) is 0 Å². The summed E-state index contributed by atoms with van der Waals surface area (Å²) in [5, 5.41) is 2.54. The number of hydrogen-bond donors (Lipinski definition) is 1. The zero-order chi connectivity index (χ0) is 8.43. The number of nitrogens with one attached hydrogen (secondary N) is 1. The van der Waals surface area contributed by atoms with Crippen LogP contribution in [0.25, 0.3) is 0 Å². The van der Waals surface area contributed by atoms with Crippen LogP contribution in [0.2, 0.25) is 0 Å². The highest BCUT2D eigenvalue weighted by atomic mass is 16.5. The number of hydrogen-bond acceptors (Lipinski definition) is 3. The summed E-state index contributed by atoms with van der Waals surface area (Å²) in [5.74, 6) is -0.383. The third-order valence-corrected chi connectivity index (χ3v) is 1.85. The van der Waals surface area contributed by atoms with Crippen LogP contribution in [0.4, 0.5) is 0 Å². The second kappa shape index (κ2) is 2.90. The Morgan fingerprint density at radius 2 is 2.36 bits per heavy atom. The number of rotatable bonds is 1. The van der Waals surface area contributed by atoms with Crippen molar-refractivity contribution < 1.29 is 14.3 Å². The van der Waals surface area contributed by atoms with E-state index >= 15 is 0 Å². The summed E-state index contributed by atoms with van der Waals surface area (Å²) in [6, 6.07) is -0.438. The quantitative estimate of drug-likeness (QED) is 0.531. The van der Waals surface area contributed by atoms with Crippen LogP contribution in [0.5, 0.6) is 0 Å². The molecule has 4 nitrogen and oxygen atoms in total. The van der Waals surface area contributed by atoms with Gasteiger partial charge in [-0.05, 0) is 5.92 Å². The highest BCUT2D eigenvalue weighted by molar-refractivity contribution is 5.88. The fourth-order valence-corrected chi connectivity index (χ4v) is 1.20. The van der Waals surface area contributed by atoms with Crippen LogP contribution < -0.4 is 5.32 Å². The minimum atomic E-state index is -0.438. The molecule has 1 heterocycles. The van der Waals surface area contributed by atoms with Gasteiger partial charge in [0.1, 0.15) is 6.04 Å². The van der Waals surface area contributed by atoms with Gasteiger partial charge < -0.3 is 10.1 Å². The van der Waals surface area contributed by atoms with Gasteiger partial charge in [-0.2, -0.15) is 0 Å². The fraction of sp³-hybridized carbons (Fsp3) is 0.714. The van der Waals surface area contributed by atoms with Crippen molar-refractivity contribution in [3.63, 3.8) is 0 Å². The smallest absolute Gasteiger partial charge is 0.328 e. The standard InChI is InChI=1S/C7H11NO3/c1-4-3-5(9)8-6(4)7(10)11-2/h4,6H,3H2,1-2H3,(H,8,9). The van der Waals surface area contributed by atoms with Gasteiger partial charge in [0, 0.05) is 6.42 Å². The van der Waals surface area contributed by atoms with Gasteiger partial charge in [-0.25, -0.2) is 4.79 Å². The monoisotopic (exact) mass is 157 g/mol. The maximum Gasteiger partial charge on any atom is 0.328 e. The van der Waals surface area contributed by atoms with Crippen LogP contribution in [0.3, 0.4) is 0 Å². The van der Waals surface area contributed by atoms with Crippen molar-refractivity contribution in [2.45, 2.75) is 19.4 Å². The summed E-state index contributed by atoms with van der Waals surface area (Å²) in [6.45, 7) is 1.85. The average Bonchev–Trinajstić information content (AvgIpc) is 2.28.